The summed E-state index contributed by atoms with van der Waals surface area (Å²) >= 11 is 12.6. The Hall–Kier alpha value is -2.50. The third-order valence-electron chi connectivity index (χ3n) is 4.16. The van der Waals surface area contributed by atoms with Crippen LogP contribution in [-0.4, -0.2) is 22.9 Å². The van der Waals surface area contributed by atoms with Gasteiger partial charge in [0.1, 0.15) is 5.75 Å². The van der Waals surface area contributed by atoms with Crippen molar-refractivity contribution in [2.45, 2.75) is 26.7 Å². The first kappa shape index (κ1) is 20.2. The third kappa shape index (κ3) is 4.01. The first-order valence-electron chi connectivity index (χ1n) is 8.78. The largest absolute Gasteiger partial charge is 0.511 e. The van der Waals surface area contributed by atoms with Crippen LogP contribution in [0.15, 0.2) is 36.4 Å². The molecule has 0 fully saturated rings. The summed E-state index contributed by atoms with van der Waals surface area (Å²) in [6.45, 7) is 6.22. The van der Waals surface area contributed by atoms with Crippen molar-refractivity contribution >= 4 is 40.3 Å². The molecule has 0 saturated carbocycles. The van der Waals surface area contributed by atoms with Crippen LogP contribution < -0.4 is 9.47 Å². The minimum Gasteiger partial charge on any atom is -0.494 e. The van der Waals surface area contributed by atoms with Gasteiger partial charge in [0.2, 0.25) is 0 Å². The lowest BCUT2D eigenvalue weighted by Crippen LogP contribution is -2.10. The number of hydrogen-bond acceptors (Lipinski definition) is 4. The van der Waals surface area contributed by atoms with Crippen molar-refractivity contribution in [3.8, 4) is 22.6 Å². The van der Waals surface area contributed by atoms with Gasteiger partial charge in [0.15, 0.2) is 5.75 Å². The number of benzene rings is 2. The third-order valence-corrected chi connectivity index (χ3v) is 4.67. The van der Waals surface area contributed by atoms with Crippen LogP contribution in [-0.2, 0) is 0 Å². The maximum absolute atomic E-state index is 11.4. The lowest BCUT2D eigenvalue weighted by atomic mass is 9.95. The van der Waals surface area contributed by atoms with Crippen LogP contribution in [0.1, 0.15) is 32.4 Å². The van der Waals surface area contributed by atoms with E-state index in [-0.39, 0.29) is 11.7 Å². The Morgan fingerprint density at radius 2 is 1.96 bits per heavy atom. The molecule has 0 aliphatic rings. The van der Waals surface area contributed by atoms with E-state index in [1.807, 2.05) is 45.0 Å². The quantitative estimate of drug-likeness (QED) is 0.461. The highest BCUT2D eigenvalue weighted by Gasteiger charge is 2.24. The molecule has 1 aromatic heterocycles. The predicted molar refractivity (Wildman–Crippen MR) is 111 cm³/mol. The van der Waals surface area contributed by atoms with Crippen LogP contribution in [0.4, 0.5) is 4.79 Å². The summed E-state index contributed by atoms with van der Waals surface area (Å²) in [4.78, 5) is 16.0. The molecule has 1 heterocycles. The van der Waals surface area contributed by atoms with Gasteiger partial charge < -0.3 is 14.6 Å². The monoisotopic (exact) mass is 419 g/mol. The summed E-state index contributed by atoms with van der Waals surface area (Å²) in [7, 11) is 0. The fourth-order valence-corrected chi connectivity index (χ4v) is 3.60. The summed E-state index contributed by atoms with van der Waals surface area (Å²) in [6, 6.07) is 10.7. The molecule has 0 saturated heterocycles. The molecule has 3 rings (SSSR count). The molecule has 0 atom stereocenters. The number of hydrogen-bond donors (Lipinski definition) is 1. The molecule has 0 aliphatic carbocycles. The first-order valence-corrected chi connectivity index (χ1v) is 9.54. The average Bonchev–Trinajstić information content (AvgIpc) is 2.61. The molecule has 0 radical (unpaired) electrons. The molecule has 2 aromatic carbocycles. The van der Waals surface area contributed by atoms with Gasteiger partial charge >= 0.3 is 6.16 Å². The number of aromatic nitrogens is 1. The van der Waals surface area contributed by atoms with Crippen LogP contribution in [0.25, 0.3) is 22.0 Å². The Bertz CT molecular complexity index is 1050. The van der Waals surface area contributed by atoms with Gasteiger partial charge in [0, 0.05) is 16.0 Å². The summed E-state index contributed by atoms with van der Waals surface area (Å²) in [5, 5.41) is 10.7. The summed E-state index contributed by atoms with van der Waals surface area (Å²) in [6.07, 6.45) is -1.42. The van der Waals surface area contributed by atoms with Crippen molar-refractivity contribution < 1.29 is 19.4 Å². The van der Waals surface area contributed by atoms with Crippen molar-refractivity contribution in [3.05, 3.63) is 52.1 Å². The van der Waals surface area contributed by atoms with Gasteiger partial charge in [0.25, 0.3) is 0 Å². The normalized spacial score (nSPS) is 11.1. The molecule has 5 nitrogen and oxygen atoms in total. The highest BCUT2D eigenvalue weighted by atomic mass is 35.5. The average molecular weight is 420 g/mol. The highest BCUT2D eigenvalue weighted by Crippen LogP contribution is 2.44. The summed E-state index contributed by atoms with van der Waals surface area (Å²) < 4.78 is 10.8. The van der Waals surface area contributed by atoms with Gasteiger partial charge in [-0.15, -0.1) is 0 Å². The van der Waals surface area contributed by atoms with E-state index >= 15 is 0 Å². The molecule has 7 heteroatoms. The minimum absolute atomic E-state index is 0.0979. The molecule has 3 aromatic rings. The number of fused-ring (bicyclic) bond motifs is 1. The summed E-state index contributed by atoms with van der Waals surface area (Å²) in [5.41, 5.74) is 2.30. The van der Waals surface area contributed by atoms with E-state index in [1.165, 1.54) is 0 Å². The van der Waals surface area contributed by atoms with Crippen LogP contribution in [0.2, 0.25) is 10.0 Å². The fourth-order valence-electron chi connectivity index (χ4n) is 3.07. The number of pyridine rings is 1. The van der Waals surface area contributed by atoms with Gasteiger partial charge in [-0.2, -0.15) is 0 Å². The second-order valence-electron chi connectivity index (χ2n) is 6.47. The minimum atomic E-state index is -1.42. The Labute approximate surface area is 172 Å². The molecular weight excluding hydrogens is 401 g/mol. The molecule has 0 unspecified atom stereocenters. The SMILES string of the molecule is CCOc1cccc(-c2c(OC(=O)O)c(C(C)C)nc3c(Cl)cc(Cl)cc23)c1. The maximum Gasteiger partial charge on any atom is 0.511 e. The van der Waals surface area contributed by atoms with Crippen molar-refractivity contribution in [3.63, 3.8) is 0 Å². The molecule has 0 bridgehead atoms. The van der Waals surface area contributed by atoms with Gasteiger partial charge in [-0.3, -0.25) is 0 Å². The van der Waals surface area contributed by atoms with Gasteiger partial charge in [0.05, 0.1) is 22.8 Å². The van der Waals surface area contributed by atoms with E-state index in [0.29, 0.717) is 44.6 Å². The van der Waals surface area contributed by atoms with Crippen molar-refractivity contribution in [2.24, 2.45) is 0 Å². The van der Waals surface area contributed by atoms with E-state index < -0.39 is 6.16 Å². The predicted octanol–water partition coefficient (Wildman–Crippen LogP) is 6.79. The first-order chi connectivity index (χ1) is 13.3. The summed E-state index contributed by atoms with van der Waals surface area (Å²) in [5.74, 6) is 0.728. The highest BCUT2D eigenvalue weighted by molar-refractivity contribution is 6.38. The van der Waals surface area contributed by atoms with Gasteiger partial charge in [-0.05, 0) is 42.7 Å². The molecule has 0 amide bonds. The zero-order chi connectivity index (χ0) is 20.4. The van der Waals surface area contributed by atoms with E-state index in [1.54, 1.807) is 12.1 Å². The zero-order valence-corrected chi connectivity index (χ0v) is 17.1. The van der Waals surface area contributed by atoms with Crippen molar-refractivity contribution in [1.29, 1.82) is 0 Å². The van der Waals surface area contributed by atoms with E-state index in [4.69, 9.17) is 32.7 Å². The van der Waals surface area contributed by atoms with Crippen LogP contribution in [0.3, 0.4) is 0 Å². The van der Waals surface area contributed by atoms with Gasteiger partial charge in [-0.25, -0.2) is 9.78 Å². The van der Waals surface area contributed by atoms with Crippen LogP contribution >= 0.6 is 23.2 Å². The Morgan fingerprint density at radius 3 is 2.61 bits per heavy atom. The number of ether oxygens (including phenoxy) is 2. The standard InChI is InChI=1S/C21H19Cl2NO4/c1-4-27-14-7-5-6-12(8-14)17-15-9-13(22)10-16(23)19(15)24-18(11(2)3)20(17)28-21(25)26/h5-11H,4H2,1-3H3,(H,25,26). The molecular formula is C21H19Cl2NO4. The Balaban J connectivity index is 2.45. The molecule has 0 spiro atoms. The molecule has 0 aliphatic heterocycles. The molecule has 28 heavy (non-hydrogen) atoms. The van der Waals surface area contributed by atoms with Crippen molar-refractivity contribution in [2.75, 3.05) is 6.61 Å². The lowest BCUT2D eigenvalue weighted by molar-refractivity contribution is 0.144. The molecule has 146 valence electrons. The lowest BCUT2D eigenvalue weighted by Gasteiger charge is -2.19. The molecule has 1 N–H and O–H groups in total. The van der Waals surface area contributed by atoms with Gasteiger partial charge in [-0.1, -0.05) is 49.2 Å². The van der Waals surface area contributed by atoms with Crippen LogP contribution in [0, 0.1) is 0 Å². The zero-order valence-electron chi connectivity index (χ0n) is 15.6. The number of nitrogens with zero attached hydrogens (tertiary/aromatic N) is 1. The number of halogens is 2. The Kier molecular flexibility index (Phi) is 5.96. The second kappa shape index (κ2) is 8.25. The number of carbonyl (C=O) groups is 1. The number of carboxylic acid groups (broad SMARTS) is 1. The van der Waals surface area contributed by atoms with E-state index in [2.05, 4.69) is 4.98 Å². The number of rotatable bonds is 5. The van der Waals surface area contributed by atoms with Crippen molar-refractivity contribution in [1.82, 2.24) is 4.98 Å². The van der Waals surface area contributed by atoms with E-state index in [9.17, 15) is 9.90 Å². The van der Waals surface area contributed by atoms with E-state index in [0.717, 1.165) is 5.56 Å². The fraction of sp³-hybridized carbons (Fsp3) is 0.238. The second-order valence-corrected chi connectivity index (χ2v) is 7.31. The topological polar surface area (TPSA) is 68.7 Å². The Morgan fingerprint density at radius 1 is 1.21 bits per heavy atom. The maximum atomic E-state index is 11.4. The smallest absolute Gasteiger partial charge is 0.494 e. The van der Waals surface area contributed by atoms with Crippen LogP contribution in [0.5, 0.6) is 11.5 Å².